The number of aryl methyl sites for hydroxylation is 3. The number of thioether (sulfide) groups is 1. The third-order valence-corrected chi connectivity index (χ3v) is 6.42. The largest absolute Gasteiger partial charge is 0.508 e. The van der Waals surface area contributed by atoms with E-state index in [1.54, 1.807) is 0 Å². The van der Waals surface area contributed by atoms with Crippen molar-refractivity contribution in [2.24, 2.45) is 0 Å². The molecule has 20 heavy (non-hydrogen) atoms. The van der Waals surface area contributed by atoms with E-state index in [-0.39, 0.29) is 0 Å². The van der Waals surface area contributed by atoms with Gasteiger partial charge in [0.2, 0.25) is 0 Å². The number of rotatable bonds is 4. The molecule has 2 radical (unpaired) electrons. The van der Waals surface area contributed by atoms with Gasteiger partial charge in [-0.05, 0) is 67.5 Å². The molecule has 2 rings (SSSR count). The van der Waals surface area contributed by atoms with E-state index in [1.165, 1.54) is 21.2 Å². The Morgan fingerprint density at radius 1 is 1.00 bits per heavy atom. The molecule has 0 aliphatic heterocycles. The van der Waals surface area contributed by atoms with Crippen molar-refractivity contribution in [1.82, 2.24) is 0 Å². The van der Waals surface area contributed by atoms with E-state index < -0.39 is 0 Å². The topological polar surface area (TPSA) is 20.2 Å². The van der Waals surface area contributed by atoms with Crippen molar-refractivity contribution in [1.29, 1.82) is 0 Å². The molecule has 2 aromatic rings. The number of benzene rings is 2. The van der Waals surface area contributed by atoms with Crippen molar-refractivity contribution in [2.75, 3.05) is 5.38 Å². The van der Waals surface area contributed by atoms with Gasteiger partial charge >= 0.3 is 0 Å². The average Bonchev–Trinajstić information content (AvgIpc) is 2.40. The summed E-state index contributed by atoms with van der Waals surface area (Å²) in [5, 5.41) is 12.2. The Kier molecular flexibility index (Phi) is 4.94. The van der Waals surface area contributed by atoms with Crippen LogP contribution in [0.5, 0.6) is 5.75 Å². The first-order valence-corrected chi connectivity index (χ1v) is 8.91. The minimum absolute atomic E-state index is 0.392. The summed E-state index contributed by atoms with van der Waals surface area (Å²) >= 11 is 1.88. The highest BCUT2D eigenvalue weighted by Gasteiger charge is 2.06. The number of phenols is 1. The van der Waals surface area contributed by atoms with Crippen LogP contribution >= 0.6 is 11.8 Å². The second-order valence-electron chi connectivity index (χ2n) is 5.12. The lowest BCUT2D eigenvalue weighted by Crippen LogP contribution is -2.20. The highest BCUT2D eigenvalue weighted by Crippen LogP contribution is 2.28. The Labute approximate surface area is 128 Å². The molecule has 0 aliphatic carbocycles. The number of hydrogen-bond acceptors (Lipinski definition) is 2. The Hall–Kier alpha value is -1.19. The lowest BCUT2D eigenvalue weighted by molar-refractivity contribution is 0.470. The van der Waals surface area contributed by atoms with Crippen LogP contribution in [0.3, 0.4) is 0 Å². The number of aromatic hydroxyl groups is 1. The predicted octanol–water partition coefficient (Wildman–Crippen LogP) is 3.71. The maximum atomic E-state index is 9.69. The van der Waals surface area contributed by atoms with Crippen molar-refractivity contribution >= 4 is 26.5 Å². The summed E-state index contributed by atoms with van der Waals surface area (Å²) in [5.41, 5.74) is 4.90. The van der Waals surface area contributed by atoms with Crippen LogP contribution in [0.25, 0.3) is 0 Å². The van der Waals surface area contributed by atoms with Gasteiger partial charge in [-0.1, -0.05) is 23.4 Å². The molecule has 104 valence electrons. The zero-order valence-electron chi connectivity index (χ0n) is 12.4. The van der Waals surface area contributed by atoms with Crippen LogP contribution in [0.15, 0.2) is 35.2 Å². The average molecular weight is 300 g/mol. The molecule has 0 unspecified atom stereocenters. The fourth-order valence-electron chi connectivity index (χ4n) is 2.06. The second-order valence-corrected chi connectivity index (χ2v) is 7.89. The monoisotopic (exact) mass is 300 g/mol. The Bertz CT molecular complexity index is 623. The summed E-state index contributed by atoms with van der Waals surface area (Å²) in [4.78, 5) is 1.28. The maximum Gasteiger partial charge on any atom is 0.118 e. The molecular weight excluding hydrogens is 280 g/mol. The molecule has 0 bridgehead atoms. The van der Waals surface area contributed by atoms with E-state index in [4.69, 9.17) is 0 Å². The molecular formula is C17H20OSSi. The molecule has 0 fully saturated rings. The highest BCUT2D eigenvalue weighted by molar-refractivity contribution is 8.00. The minimum atomic E-state index is 0.392. The van der Waals surface area contributed by atoms with Crippen LogP contribution in [-0.2, 0) is 0 Å². The van der Waals surface area contributed by atoms with Crippen LogP contribution in [-0.4, -0.2) is 20.0 Å². The zero-order chi connectivity index (χ0) is 14.7. The standard InChI is InChI=1S/C17H20OSSi/c1-11-6-5-7-17(14(11)4)20-10-19-16-9-12(2)15(18)8-13(16)3/h5-9,18H,10H2,1-4H3. The smallest absolute Gasteiger partial charge is 0.118 e. The third kappa shape index (κ3) is 3.47. The minimum Gasteiger partial charge on any atom is -0.508 e. The van der Waals surface area contributed by atoms with E-state index >= 15 is 0 Å². The van der Waals surface area contributed by atoms with Crippen LogP contribution in [0.4, 0.5) is 0 Å². The van der Waals surface area contributed by atoms with Crippen LogP contribution < -0.4 is 5.19 Å². The van der Waals surface area contributed by atoms with Gasteiger partial charge in [0.15, 0.2) is 0 Å². The summed E-state index contributed by atoms with van der Waals surface area (Å²) < 4.78 is 0. The van der Waals surface area contributed by atoms with E-state index in [2.05, 4.69) is 45.0 Å². The molecule has 0 amide bonds. The van der Waals surface area contributed by atoms with Gasteiger partial charge in [0.05, 0.1) is 9.52 Å². The van der Waals surface area contributed by atoms with Crippen LogP contribution in [0.1, 0.15) is 22.3 Å². The van der Waals surface area contributed by atoms with E-state index in [0.29, 0.717) is 5.75 Å². The van der Waals surface area contributed by atoms with Crippen LogP contribution in [0.2, 0.25) is 0 Å². The molecule has 0 saturated heterocycles. The SMILES string of the molecule is Cc1cc(SC[Si]c2cccc(C)c2C)c(C)cc1O. The molecule has 1 N–H and O–H groups in total. The van der Waals surface area contributed by atoms with Crippen molar-refractivity contribution in [2.45, 2.75) is 32.6 Å². The number of hydrogen-bond donors (Lipinski definition) is 1. The van der Waals surface area contributed by atoms with Gasteiger partial charge in [0.1, 0.15) is 5.75 Å². The van der Waals surface area contributed by atoms with E-state index in [9.17, 15) is 5.11 Å². The van der Waals surface area contributed by atoms with Crippen molar-refractivity contribution in [3.05, 3.63) is 52.6 Å². The first-order chi connectivity index (χ1) is 9.49. The Balaban J connectivity index is 2.03. The molecule has 0 aromatic heterocycles. The maximum absolute atomic E-state index is 9.69. The first kappa shape index (κ1) is 15.2. The highest BCUT2D eigenvalue weighted by atomic mass is 32.2. The molecule has 2 aromatic carbocycles. The lowest BCUT2D eigenvalue weighted by atomic mass is 10.1. The fourth-order valence-corrected chi connectivity index (χ4v) is 4.82. The van der Waals surface area contributed by atoms with Crippen molar-refractivity contribution < 1.29 is 5.11 Å². The zero-order valence-corrected chi connectivity index (χ0v) is 14.3. The summed E-state index contributed by atoms with van der Waals surface area (Å²) in [6, 6.07) is 10.5. The van der Waals surface area contributed by atoms with Gasteiger partial charge in [-0.3, -0.25) is 0 Å². The van der Waals surface area contributed by atoms with Crippen molar-refractivity contribution in [3.63, 3.8) is 0 Å². The summed E-state index contributed by atoms with van der Waals surface area (Å²) in [5.74, 6) is 0.392. The van der Waals surface area contributed by atoms with Gasteiger partial charge in [-0.2, -0.15) is 0 Å². The summed E-state index contributed by atoms with van der Waals surface area (Å²) in [6.07, 6.45) is 0. The van der Waals surface area contributed by atoms with Crippen LogP contribution in [0, 0.1) is 27.7 Å². The van der Waals surface area contributed by atoms with Crippen molar-refractivity contribution in [3.8, 4) is 5.75 Å². The molecule has 0 atom stereocenters. The molecule has 1 nitrogen and oxygen atoms in total. The second kappa shape index (κ2) is 6.51. The molecule has 0 spiro atoms. The van der Waals surface area contributed by atoms with Gasteiger partial charge in [-0.25, -0.2) is 0 Å². The third-order valence-electron chi connectivity index (χ3n) is 3.59. The van der Waals surface area contributed by atoms with Gasteiger partial charge in [0.25, 0.3) is 0 Å². The molecule has 0 saturated carbocycles. The predicted molar refractivity (Wildman–Crippen MR) is 89.6 cm³/mol. The first-order valence-electron chi connectivity index (χ1n) is 6.72. The number of phenolic OH excluding ortho intramolecular Hbond substituents is 1. The normalized spacial score (nSPS) is 10.8. The quantitative estimate of drug-likeness (QED) is 0.686. The van der Waals surface area contributed by atoms with E-state index in [1.807, 2.05) is 24.8 Å². The van der Waals surface area contributed by atoms with E-state index in [0.717, 1.165) is 26.0 Å². The van der Waals surface area contributed by atoms with Gasteiger partial charge < -0.3 is 5.11 Å². The Morgan fingerprint density at radius 2 is 1.75 bits per heavy atom. The summed E-state index contributed by atoms with van der Waals surface area (Å²) in [7, 11) is 0.816. The fraction of sp³-hybridized carbons (Fsp3) is 0.294. The Morgan fingerprint density at radius 3 is 2.50 bits per heavy atom. The summed E-state index contributed by atoms with van der Waals surface area (Å²) in [6.45, 7) is 8.39. The van der Waals surface area contributed by atoms with Gasteiger partial charge in [-0.15, -0.1) is 11.8 Å². The molecule has 3 heteroatoms. The van der Waals surface area contributed by atoms with Gasteiger partial charge in [0, 0.05) is 4.90 Å². The molecule has 0 heterocycles. The lowest BCUT2D eigenvalue weighted by Gasteiger charge is -2.10. The molecule has 0 aliphatic rings.